The number of ether oxygens (including phenoxy) is 1. The molecule has 4 nitrogen and oxygen atoms in total. The second-order valence-electron chi connectivity index (χ2n) is 13.3. The van der Waals surface area contributed by atoms with Crippen molar-refractivity contribution >= 4 is 45.5 Å². The van der Waals surface area contributed by atoms with Crippen LogP contribution in [0.3, 0.4) is 0 Å². The van der Waals surface area contributed by atoms with Gasteiger partial charge >= 0.3 is 0 Å². The van der Waals surface area contributed by atoms with E-state index < -0.39 is 8.32 Å². The summed E-state index contributed by atoms with van der Waals surface area (Å²) >= 11 is 3.73. The molecule has 3 aromatic carbocycles. The Hall–Kier alpha value is -3.03. The Morgan fingerprint density at radius 2 is 1.49 bits per heavy atom. The Labute approximate surface area is 266 Å². The third-order valence-electron chi connectivity index (χ3n) is 8.47. The van der Waals surface area contributed by atoms with Crippen LogP contribution in [-0.2, 0) is 15.6 Å². The second-order valence-corrected chi connectivity index (χ2v) is 18.5. The van der Waals surface area contributed by atoms with Gasteiger partial charge in [-0.05, 0) is 70.1 Å². The zero-order valence-corrected chi connectivity index (χ0v) is 29.0. The number of halogens is 1. The van der Waals surface area contributed by atoms with Crippen molar-refractivity contribution in [1.82, 2.24) is 9.97 Å². The fourth-order valence-corrected chi connectivity index (χ4v) is 11.4. The molecule has 6 heteroatoms. The lowest BCUT2D eigenvalue weighted by molar-refractivity contribution is 0.116. The van der Waals surface area contributed by atoms with E-state index in [1.165, 1.54) is 21.3 Å². The standard InChI is InChI=1S/C37H43BrN2O2Si/c1-26(41-7)34-30(19-14-22-39-34)35-32(31-23-27(38)20-21-33(31)40-35)24-37(5,6)25-42-43(36(2,3)4,28-15-10-8-11-16-28)29-17-12-9-13-18-29/h8-23,26,40H,24-25H2,1-7H3/t26-/m0/s1. The zero-order valence-electron chi connectivity index (χ0n) is 26.4. The molecule has 43 heavy (non-hydrogen) atoms. The number of fused-ring (bicyclic) bond motifs is 1. The van der Waals surface area contributed by atoms with Gasteiger partial charge in [-0.3, -0.25) is 4.98 Å². The molecule has 0 aliphatic heterocycles. The third-order valence-corrected chi connectivity index (χ3v) is 13.9. The monoisotopic (exact) mass is 654 g/mol. The summed E-state index contributed by atoms with van der Waals surface area (Å²) in [5, 5.41) is 3.73. The first-order valence-electron chi connectivity index (χ1n) is 15.0. The number of nitrogens with one attached hydrogen (secondary N) is 1. The molecule has 0 fully saturated rings. The maximum absolute atomic E-state index is 7.43. The maximum atomic E-state index is 7.43. The van der Waals surface area contributed by atoms with Crippen LogP contribution in [0.25, 0.3) is 22.2 Å². The average Bonchev–Trinajstić information content (AvgIpc) is 3.33. The summed E-state index contributed by atoms with van der Waals surface area (Å²) in [6, 6.07) is 32.4. The summed E-state index contributed by atoms with van der Waals surface area (Å²) in [5.74, 6) is 0. The number of benzene rings is 3. The number of pyridine rings is 1. The van der Waals surface area contributed by atoms with Crippen LogP contribution in [0.2, 0.25) is 5.04 Å². The number of rotatable bonds is 10. The molecule has 5 aromatic rings. The fourth-order valence-electron chi connectivity index (χ4n) is 6.29. The number of hydrogen-bond acceptors (Lipinski definition) is 3. The number of aromatic nitrogens is 2. The lowest BCUT2D eigenvalue weighted by Crippen LogP contribution is -2.67. The van der Waals surface area contributed by atoms with E-state index >= 15 is 0 Å². The molecule has 0 amide bonds. The largest absolute Gasteiger partial charge is 0.407 e. The van der Waals surface area contributed by atoms with Crippen LogP contribution >= 0.6 is 15.9 Å². The molecule has 0 aliphatic rings. The predicted molar refractivity (Wildman–Crippen MR) is 186 cm³/mol. The van der Waals surface area contributed by atoms with Crippen molar-refractivity contribution in [1.29, 1.82) is 0 Å². The summed E-state index contributed by atoms with van der Waals surface area (Å²) in [6.45, 7) is 14.3. The smallest absolute Gasteiger partial charge is 0.261 e. The van der Waals surface area contributed by atoms with Crippen LogP contribution in [0.4, 0.5) is 0 Å². The number of nitrogens with zero attached hydrogens (tertiary/aromatic N) is 1. The van der Waals surface area contributed by atoms with Crippen molar-refractivity contribution in [3.05, 3.63) is 113 Å². The fraction of sp³-hybridized carbons (Fsp3) is 0.324. The molecule has 5 rings (SSSR count). The van der Waals surface area contributed by atoms with E-state index in [9.17, 15) is 0 Å². The van der Waals surface area contributed by atoms with Gasteiger partial charge in [-0.25, -0.2) is 0 Å². The molecule has 1 N–H and O–H groups in total. The van der Waals surface area contributed by atoms with E-state index in [-0.39, 0.29) is 16.6 Å². The molecule has 0 aliphatic carbocycles. The minimum Gasteiger partial charge on any atom is -0.407 e. The quantitative estimate of drug-likeness (QED) is 0.153. The molecular formula is C37H43BrN2O2Si. The van der Waals surface area contributed by atoms with Crippen LogP contribution < -0.4 is 10.4 Å². The number of methoxy groups -OCH3 is 1. The van der Waals surface area contributed by atoms with E-state index in [4.69, 9.17) is 14.1 Å². The van der Waals surface area contributed by atoms with Crippen molar-refractivity contribution in [2.24, 2.45) is 5.41 Å². The van der Waals surface area contributed by atoms with Gasteiger partial charge in [0.25, 0.3) is 8.32 Å². The minimum absolute atomic E-state index is 0.0799. The van der Waals surface area contributed by atoms with Gasteiger partial charge < -0.3 is 14.1 Å². The first kappa shape index (κ1) is 31.4. The zero-order chi connectivity index (χ0) is 30.8. The Bertz CT molecular complexity index is 1640. The van der Waals surface area contributed by atoms with Crippen molar-refractivity contribution in [3.8, 4) is 11.3 Å². The first-order chi connectivity index (χ1) is 20.5. The molecule has 0 saturated heterocycles. The maximum Gasteiger partial charge on any atom is 0.261 e. The first-order valence-corrected chi connectivity index (χ1v) is 17.7. The highest BCUT2D eigenvalue weighted by atomic mass is 79.9. The Balaban J connectivity index is 1.59. The molecule has 0 unspecified atom stereocenters. The molecule has 0 radical (unpaired) electrons. The topological polar surface area (TPSA) is 47.1 Å². The van der Waals surface area contributed by atoms with Crippen LogP contribution in [0.5, 0.6) is 0 Å². The van der Waals surface area contributed by atoms with Gasteiger partial charge in [-0.15, -0.1) is 0 Å². The number of aromatic amines is 1. The van der Waals surface area contributed by atoms with Gasteiger partial charge in [-0.1, -0.05) is 111 Å². The van der Waals surface area contributed by atoms with E-state index in [1.54, 1.807) is 7.11 Å². The van der Waals surface area contributed by atoms with E-state index in [1.807, 2.05) is 19.2 Å². The van der Waals surface area contributed by atoms with E-state index in [2.05, 4.69) is 140 Å². The summed E-state index contributed by atoms with van der Waals surface area (Å²) in [7, 11) is -0.937. The van der Waals surface area contributed by atoms with Gasteiger partial charge in [0.15, 0.2) is 0 Å². The predicted octanol–water partition coefficient (Wildman–Crippen LogP) is 8.85. The highest BCUT2D eigenvalue weighted by Crippen LogP contribution is 2.41. The van der Waals surface area contributed by atoms with Gasteiger partial charge in [0.05, 0.1) is 17.5 Å². The molecule has 0 saturated carbocycles. The summed E-state index contributed by atoms with van der Waals surface area (Å²) < 4.78 is 14.2. The second kappa shape index (κ2) is 12.5. The van der Waals surface area contributed by atoms with Crippen molar-refractivity contribution in [2.75, 3.05) is 13.7 Å². The van der Waals surface area contributed by atoms with Crippen molar-refractivity contribution in [2.45, 2.75) is 59.1 Å². The molecule has 2 heterocycles. The van der Waals surface area contributed by atoms with Gasteiger partial charge in [0.2, 0.25) is 0 Å². The average molecular weight is 656 g/mol. The van der Waals surface area contributed by atoms with Gasteiger partial charge in [0.1, 0.15) is 0 Å². The Morgan fingerprint density at radius 3 is 2.07 bits per heavy atom. The molecular weight excluding hydrogens is 612 g/mol. The lowest BCUT2D eigenvalue weighted by atomic mass is 9.84. The third kappa shape index (κ3) is 6.30. The highest BCUT2D eigenvalue weighted by molar-refractivity contribution is 9.10. The van der Waals surface area contributed by atoms with Crippen molar-refractivity contribution in [3.63, 3.8) is 0 Å². The van der Waals surface area contributed by atoms with Crippen LogP contribution in [0, 0.1) is 5.41 Å². The molecule has 1 atom stereocenters. The Kier molecular flexibility index (Phi) is 9.14. The van der Waals surface area contributed by atoms with Crippen LogP contribution in [0.15, 0.2) is 102 Å². The lowest BCUT2D eigenvalue weighted by Gasteiger charge is -2.44. The van der Waals surface area contributed by atoms with E-state index in [0.29, 0.717) is 6.61 Å². The summed E-state index contributed by atoms with van der Waals surface area (Å²) in [4.78, 5) is 8.49. The highest BCUT2D eigenvalue weighted by Gasteiger charge is 2.50. The molecule has 2 aromatic heterocycles. The van der Waals surface area contributed by atoms with Gasteiger partial charge in [0, 0.05) is 40.9 Å². The molecule has 0 spiro atoms. The Morgan fingerprint density at radius 1 is 0.860 bits per heavy atom. The summed E-state index contributed by atoms with van der Waals surface area (Å²) in [6.07, 6.45) is 2.54. The normalized spacial score (nSPS) is 13.4. The van der Waals surface area contributed by atoms with Crippen LogP contribution in [0.1, 0.15) is 58.9 Å². The summed E-state index contributed by atoms with van der Waals surface area (Å²) in [5.41, 5.74) is 5.30. The number of H-pyrrole nitrogens is 1. The van der Waals surface area contributed by atoms with Crippen molar-refractivity contribution < 1.29 is 9.16 Å². The van der Waals surface area contributed by atoms with E-state index in [0.717, 1.165) is 33.4 Å². The number of hydrogen-bond donors (Lipinski definition) is 1. The molecule has 0 bridgehead atoms. The molecule has 224 valence electrons. The van der Waals surface area contributed by atoms with Crippen LogP contribution in [-0.4, -0.2) is 32.0 Å². The minimum atomic E-state index is -2.67. The SMILES string of the molecule is CO[C@@H](C)c1ncccc1-c1[nH]c2ccc(Br)cc2c1CC(C)(C)CO[Si](c1ccccc1)(c1ccccc1)C(C)(C)C. The van der Waals surface area contributed by atoms with Gasteiger partial charge in [-0.2, -0.15) is 0 Å².